The molecule has 0 aromatic carbocycles. The molecule has 2 aromatic heterocycles. The van der Waals surface area contributed by atoms with E-state index >= 15 is 0 Å². The summed E-state index contributed by atoms with van der Waals surface area (Å²) >= 11 is 0. The number of nitrogens with zero attached hydrogens (tertiary/aromatic N) is 5. The van der Waals surface area contributed by atoms with E-state index in [4.69, 9.17) is 4.98 Å². The summed E-state index contributed by atoms with van der Waals surface area (Å²) in [6.45, 7) is 4.05. The Kier molecular flexibility index (Phi) is 4.22. The Bertz CT molecular complexity index is 703. The maximum Gasteiger partial charge on any atom is 0.130 e. The maximum atomic E-state index is 4.71. The first-order valence-electron chi connectivity index (χ1n) is 9.01. The number of rotatable bonds is 5. The Balaban J connectivity index is 1.47. The Morgan fingerprint density at radius 3 is 2.71 bits per heavy atom. The highest BCUT2D eigenvalue weighted by Crippen LogP contribution is 2.34. The third kappa shape index (κ3) is 3.29. The predicted molar refractivity (Wildman–Crippen MR) is 93.6 cm³/mol. The third-order valence-electron chi connectivity index (χ3n) is 5.18. The first-order chi connectivity index (χ1) is 11.7. The van der Waals surface area contributed by atoms with Crippen molar-refractivity contribution in [1.29, 1.82) is 0 Å². The van der Waals surface area contributed by atoms with Crippen molar-refractivity contribution in [3.63, 3.8) is 0 Å². The van der Waals surface area contributed by atoms with Crippen molar-refractivity contribution in [2.24, 2.45) is 7.05 Å². The molecule has 2 aliphatic rings. The van der Waals surface area contributed by atoms with Gasteiger partial charge in [-0.3, -0.25) is 9.58 Å². The standard InChI is InChI=1S/C18H26N6/c1-13-20-16(9-18(21-13)22-15-5-3-4-6-15)17-7-8-24(17)12-14-10-19-23(2)11-14/h9-11,15,17H,3-8,12H2,1-2H3,(H,20,21,22)/t17-/m0/s1. The fourth-order valence-corrected chi connectivity index (χ4v) is 3.87. The summed E-state index contributed by atoms with van der Waals surface area (Å²) in [5, 5.41) is 7.88. The van der Waals surface area contributed by atoms with Crippen molar-refractivity contribution in [2.75, 3.05) is 11.9 Å². The molecule has 2 fully saturated rings. The van der Waals surface area contributed by atoms with E-state index in [0.29, 0.717) is 12.1 Å². The molecule has 1 N–H and O–H groups in total. The van der Waals surface area contributed by atoms with Crippen LogP contribution in [-0.4, -0.2) is 37.2 Å². The minimum atomic E-state index is 0.399. The van der Waals surface area contributed by atoms with E-state index < -0.39 is 0 Å². The Labute approximate surface area is 143 Å². The molecule has 1 atom stereocenters. The van der Waals surface area contributed by atoms with Crippen LogP contribution in [0.1, 0.15) is 55.2 Å². The van der Waals surface area contributed by atoms with E-state index in [1.165, 1.54) is 37.7 Å². The molecule has 0 spiro atoms. The number of hydrogen-bond acceptors (Lipinski definition) is 5. The summed E-state index contributed by atoms with van der Waals surface area (Å²) in [5.74, 6) is 1.86. The zero-order chi connectivity index (χ0) is 16.5. The fraction of sp³-hybridized carbons (Fsp3) is 0.611. The average Bonchev–Trinajstić information content (AvgIpc) is 3.15. The SMILES string of the molecule is Cc1nc(NC2CCCC2)cc([C@@H]2CCN2Cc2cnn(C)c2)n1. The second-order valence-electron chi connectivity index (χ2n) is 7.15. The lowest BCUT2D eigenvalue weighted by Crippen LogP contribution is -2.40. The second kappa shape index (κ2) is 6.51. The highest BCUT2D eigenvalue weighted by molar-refractivity contribution is 5.38. The predicted octanol–water partition coefficient (Wildman–Crippen LogP) is 2.82. The van der Waals surface area contributed by atoms with Crippen molar-refractivity contribution >= 4 is 5.82 Å². The Hall–Kier alpha value is -1.95. The van der Waals surface area contributed by atoms with Crippen molar-refractivity contribution in [2.45, 2.75) is 57.7 Å². The van der Waals surface area contributed by atoms with Crippen LogP contribution >= 0.6 is 0 Å². The van der Waals surface area contributed by atoms with Gasteiger partial charge in [-0.2, -0.15) is 5.10 Å². The molecule has 3 heterocycles. The van der Waals surface area contributed by atoms with Crippen LogP contribution in [0.5, 0.6) is 0 Å². The largest absolute Gasteiger partial charge is 0.367 e. The minimum Gasteiger partial charge on any atom is -0.367 e. The molecule has 0 unspecified atom stereocenters. The molecule has 1 saturated carbocycles. The zero-order valence-corrected chi connectivity index (χ0v) is 14.6. The lowest BCUT2D eigenvalue weighted by molar-refractivity contribution is 0.0785. The van der Waals surface area contributed by atoms with E-state index in [1.807, 2.05) is 24.9 Å². The monoisotopic (exact) mass is 326 g/mol. The molecule has 24 heavy (non-hydrogen) atoms. The number of likely N-dealkylation sites (tertiary alicyclic amines) is 1. The molecule has 0 amide bonds. The fourth-order valence-electron chi connectivity index (χ4n) is 3.87. The van der Waals surface area contributed by atoms with Crippen LogP contribution < -0.4 is 5.32 Å². The van der Waals surface area contributed by atoms with E-state index in [9.17, 15) is 0 Å². The van der Waals surface area contributed by atoms with Crippen molar-refractivity contribution < 1.29 is 0 Å². The number of aryl methyl sites for hydroxylation is 2. The average molecular weight is 326 g/mol. The number of hydrogen-bond donors (Lipinski definition) is 1. The quantitative estimate of drug-likeness (QED) is 0.915. The molecular formula is C18H26N6. The van der Waals surface area contributed by atoms with Gasteiger partial charge < -0.3 is 5.32 Å². The van der Waals surface area contributed by atoms with Crippen LogP contribution in [0.15, 0.2) is 18.5 Å². The molecule has 1 aliphatic heterocycles. The van der Waals surface area contributed by atoms with Gasteiger partial charge in [0.2, 0.25) is 0 Å². The number of nitrogens with one attached hydrogen (secondary N) is 1. The lowest BCUT2D eigenvalue weighted by Gasteiger charge is -2.40. The maximum absolute atomic E-state index is 4.71. The number of anilines is 1. The molecular weight excluding hydrogens is 300 g/mol. The second-order valence-corrected chi connectivity index (χ2v) is 7.15. The van der Waals surface area contributed by atoms with Gasteiger partial charge in [0.05, 0.1) is 17.9 Å². The van der Waals surface area contributed by atoms with Crippen LogP contribution in [0, 0.1) is 6.92 Å². The van der Waals surface area contributed by atoms with Gasteiger partial charge in [0, 0.05) is 44.0 Å². The molecule has 2 aromatic rings. The van der Waals surface area contributed by atoms with Gasteiger partial charge in [0.1, 0.15) is 11.6 Å². The van der Waals surface area contributed by atoms with Crippen LogP contribution in [-0.2, 0) is 13.6 Å². The minimum absolute atomic E-state index is 0.399. The van der Waals surface area contributed by atoms with Gasteiger partial charge in [-0.15, -0.1) is 0 Å². The van der Waals surface area contributed by atoms with Gasteiger partial charge in [0.15, 0.2) is 0 Å². The highest BCUT2D eigenvalue weighted by atomic mass is 15.3. The van der Waals surface area contributed by atoms with Gasteiger partial charge in [-0.1, -0.05) is 12.8 Å². The highest BCUT2D eigenvalue weighted by Gasteiger charge is 2.31. The smallest absolute Gasteiger partial charge is 0.130 e. The normalized spacial score (nSPS) is 21.8. The molecule has 1 aliphatic carbocycles. The lowest BCUT2D eigenvalue weighted by atomic mass is 9.98. The Morgan fingerprint density at radius 1 is 1.21 bits per heavy atom. The van der Waals surface area contributed by atoms with Crippen molar-refractivity contribution in [3.8, 4) is 0 Å². The van der Waals surface area contributed by atoms with Crippen LogP contribution in [0.2, 0.25) is 0 Å². The van der Waals surface area contributed by atoms with Crippen LogP contribution in [0.4, 0.5) is 5.82 Å². The van der Waals surface area contributed by atoms with E-state index in [0.717, 1.165) is 30.4 Å². The van der Waals surface area contributed by atoms with Crippen LogP contribution in [0.25, 0.3) is 0 Å². The van der Waals surface area contributed by atoms with Crippen LogP contribution in [0.3, 0.4) is 0 Å². The topological polar surface area (TPSA) is 58.9 Å². The first kappa shape index (κ1) is 15.6. The number of aromatic nitrogens is 4. The molecule has 4 rings (SSSR count). The summed E-state index contributed by atoms with van der Waals surface area (Å²) in [4.78, 5) is 11.8. The first-order valence-corrected chi connectivity index (χ1v) is 9.01. The van der Waals surface area contributed by atoms with Crippen molar-refractivity contribution in [3.05, 3.63) is 35.5 Å². The van der Waals surface area contributed by atoms with Gasteiger partial charge in [-0.05, 0) is 26.2 Å². The van der Waals surface area contributed by atoms with Gasteiger partial charge in [-0.25, -0.2) is 9.97 Å². The van der Waals surface area contributed by atoms with Crippen molar-refractivity contribution in [1.82, 2.24) is 24.6 Å². The molecule has 128 valence electrons. The van der Waals surface area contributed by atoms with E-state index in [2.05, 4.69) is 32.6 Å². The summed E-state index contributed by atoms with van der Waals surface area (Å²) in [7, 11) is 1.96. The molecule has 0 radical (unpaired) electrons. The third-order valence-corrected chi connectivity index (χ3v) is 5.18. The zero-order valence-electron chi connectivity index (χ0n) is 14.6. The summed E-state index contributed by atoms with van der Waals surface area (Å²) < 4.78 is 1.86. The summed E-state index contributed by atoms with van der Waals surface area (Å²) in [6.07, 6.45) is 10.4. The molecule has 6 heteroatoms. The van der Waals surface area contributed by atoms with E-state index in [-0.39, 0.29) is 0 Å². The molecule has 0 bridgehead atoms. The van der Waals surface area contributed by atoms with Gasteiger partial charge in [0.25, 0.3) is 0 Å². The molecule has 1 saturated heterocycles. The molecule has 6 nitrogen and oxygen atoms in total. The summed E-state index contributed by atoms with van der Waals surface area (Å²) in [5.41, 5.74) is 2.41. The Morgan fingerprint density at radius 2 is 2.04 bits per heavy atom. The summed E-state index contributed by atoms with van der Waals surface area (Å²) in [6, 6.07) is 3.14. The van der Waals surface area contributed by atoms with Gasteiger partial charge >= 0.3 is 0 Å². The van der Waals surface area contributed by atoms with E-state index in [1.54, 1.807) is 0 Å².